The minimum atomic E-state index is -3.79. The Balaban J connectivity index is 1.68. The van der Waals surface area contributed by atoms with Crippen LogP contribution in [0.15, 0.2) is 52.3 Å². The number of piperidine rings is 1. The topological polar surface area (TPSA) is 84.9 Å². The van der Waals surface area contributed by atoms with E-state index in [1.165, 1.54) is 23.9 Å². The molecule has 1 aliphatic rings. The molecular formula is C23H30N2O5S2. The Morgan fingerprint density at radius 3 is 2.50 bits per heavy atom. The molecule has 1 heterocycles. The highest BCUT2D eigenvalue weighted by Crippen LogP contribution is 2.27. The first kappa shape index (κ1) is 24.4. The molecule has 2 aromatic rings. The van der Waals surface area contributed by atoms with E-state index < -0.39 is 10.0 Å². The fourth-order valence-corrected chi connectivity index (χ4v) is 5.17. The number of hydrogen-bond donors (Lipinski definition) is 1. The van der Waals surface area contributed by atoms with Crippen molar-refractivity contribution in [1.82, 2.24) is 9.62 Å². The number of rotatable bonds is 9. The summed E-state index contributed by atoms with van der Waals surface area (Å²) in [4.78, 5) is 15.8. The van der Waals surface area contributed by atoms with Crippen LogP contribution < -0.4 is 14.2 Å². The molecule has 0 aromatic heterocycles. The number of benzene rings is 2. The predicted molar refractivity (Wildman–Crippen MR) is 126 cm³/mol. The van der Waals surface area contributed by atoms with E-state index in [9.17, 15) is 13.2 Å². The molecule has 0 unspecified atom stereocenters. The van der Waals surface area contributed by atoms with Crippen LogP contribution in [0.3, 0.4) is 0 Å². The molecule has 32 heavy (non-hydrogen) atoms. The van der Waals surface area contributed by atoms with Gasteiger partial charge in [0, 0.05) is 24.5 Å². The molecule has 1 saturated heterocycles. The van der Waals surface area contributed by atoms with Crippen LogP contribution >= 0.6 is 11.8 Å². The number of sulfonamides is 1. The van der Waals surface area contributed by atoms with Crippen LogP contribution in [-0.2, 0) is 10.0 Å². The molecule has 3 rings (SSSR count). The highest BCUT2D eigenvalue weighted by molar-refractivity contribution is 7.98. The number of hydrogen-bond acceptors (Lipinski definition) is 6. The van der Waals surface area contributed by atoms with Gasteiger partial charge in [0.15, 0.2) is 11.5 Å². The van der Waals surface area contributed by atoms with Gasteiger partial charge in [0.25, 0.3) is 5.91 Å². The number of likely N-dealkylation sites (tertiary alicyclic amines) is 1. The minimum absolute atomic E-state index is 0.0707. The lowest BCUT2D eigenvalue weighted by molar-refractivity contribution is 0.0693. The largest absolute Gasteiger partial charge is 0.493 e. The summed E-state index contributed by atoms with van der Waals surface area (Å²) in [7, 11) is -2.24. The van der Waals surface area contributed by atoms with E-state index >= 15 is 0 Å². The quantitative estimate of drug-likeness (QED) is 0.438. The van der Waals surface area contributed by atoms with Crippen LogP contribution in [-0.4, -0.2) is 58.8 Å². The van der Waals surface area contributed by atoms with Crippen LogP contribution in [0.4, 0.5) is 0 Å². The predicted octanol–water partition coefficient (Wildman–Crippen LogP) is 3.65. The summed E-state index contributed by atoms with van der Waals surface area (Å²) in [6.07, 6.45) is 3.81. The zero-order valence-electron chi connectivity index (χ0n) is 18.7. The first-order valence-corrected chi connectivity index (χ1v) is 13.3. The van der Waals surface area contributed by atoms with Gasteiger partial charge in [0.05, 0.1) is 17.6 Å². The number of ether oxygens (including phenoxy) is 2. The Kier molecular flexibility index (Phi) is 8.44. The number of thioether (sulfide) groups is 1. The molecule has 1 amide bonds. The Hall–Kier alpha value is -2.23. The number of methoxy groups -OCH3 is 1. The summed E-state index contributed by atoms with van der Waals surface area (Å²) in [6, 6.07) is 11.9. The fourth-order valence-electron chi connectivity index (χ4n) is 3.56. The van der Waals surface area contributed by atoms with E-state index in [2.05, 4.69) is 11.6 Å². The lowest BCUT2D eigenvalue weighted by atomic mass is 9.98. The van der Waals surface area contributed by atoms with Crippen LogP contribution in [0, 0.1) is 5.92 Å². The first-order valence-electron chi connectivity index (χ1n) is 10.6. The van der Waals surface area contributed by atoms with Gasteiger partial charge in [-0.05, 0) is 55.3 Å². The molecule has 9 heteroatoms. The van der Waals surface area contributed by atoms with Crippen LogP contribution in [0.25, 0.3) is 0 Å². The third-order valence-corrected chi connectivity index (χ3v) is 7.76. The molecule has 0 spiro atoms. The Bertz CT molecular complexity index is 1030. The van der Waals surface area contributed by atoms with E-state index in [4.69, 9.17) is 9.47 Å². The Morgan fingerprint density at radius 2 is 1.84 bits per heavy atom. The number of amides is 1. The number of nitrogens with zero attached hydrogens (tertiary/aromatic N) is 1. The second-order valence-electron chi connectivity index (χ2n) is 7.73. The van der Waals surface area contributed by atoms with Gasteiger partial charge in [-0.1, -0.05) is 19.1 Å². The molecule has 1 fully saturated rings. The second-order valence-corrected chi connectivity index (χ2v) is 10.3. The molecule has 1 N–H and O–H groups in total. The number of para-hydroxylation sites is 2. The van der Waals surface area contributed by atoms with Gasteiger partial charge in [0.1, 0.15) is 6.61 Å². The smallest absolute Gasteiger partial charge is 0.255 e. The summed E-state index contributed by atoms with van der Waals surface area (Å²) in [5.74, 6) is 1.62. The number of carbonyl (C=O) groups excluding carboxylic acids is 1. The van der Waals surface area contributed by atoms with E-state index in [0.717, 1.165) is 17.7 Å². The summed E-state index contributed by atoms with van der Waals surface area (Å²) >= 11 is 1.44. The zero-order chi connectivity index (χ0) is 23.1. The van der Waals surface area contributed by atoms with Crippen molar-refractivity contribution < 1.29 is 22.7 Å². The van der Waals surface area contributed by atoms with Gasteiger partial charge >= 0.3 is 0 Å². The standard InChI is InChI=1S/C23H30N2O5S2/c1-17-10-13-25(14-11-17)23(26)19-16-18(8-9-22(19)31-3)32(27,28)24-12-15-30-21-7-5-4-6-20(21)29-2/h4-9,16-17,24H,10-15H2,1-3H3. The van der Waals surface area contributed by atoms with Crippen molar-refractivity contribution >= 4 is 27.7 Å². The molecule has 0 aliphatic carbocycles. The average molecular weight is 479 g/mol. The SMILES string of the molecule is COc1ccccc1OCCNS(=O)(=O)c1ccc(SC)c(C(=O)N2CCC(C)CC2)c1. The summed E-state index contributed by atoms with van der Waals surface area (Å²) in [6.45, 7) is 3.80. The molecule has 0 radical (unpaired) electrons. The first-order chi connectivity index (χ1) is 15.4. The van der Waals surface area contributed by atoms with Crippen LogP contribution in [0.5, 0.6) is 11.5 Å². The zero-order valence-corrected chi connectivity index (χ0v) is 20.3. The highest BCUT2D eigenvalue weighted by Gasteiger charge is 2.25. The van der Waals surface area contributed by atoms with Crippen LogP contribution in [0.2, 0.25) is 0 Å². The second kappa shape index (κ2) is 11.1. The molecule has 7 nitrogen and oxygen atoms in total. The van der Waals surface area contributed by atoms with E-state index in [0.29, 0.717) is 36.1 Å². The molecule has 1 aliphatic heterocycles. The molecule has 174 valence electrons. The monoisotopic (exact) mass is 478 g/mol. The summed E-state index contributed by atoms with van der Waals surface area (Å²) in [5, 5.41) is 0. The van der Waals surface area contributed by atoms with E-state index in [1.807, 2.05) is 23.3 Å². The van der Waals surface area contributed by atoms with Crippen molar-refractivity contribution in [3.8, 4) is 11.5 Å². The highest BCUT2D eigenvalue weighted by atomic mass is 32.2. The molecular weight excluding hydrogens is 448 g/mol. The Morgan fingerprint density at radius 1 is 1.16 bits per heavy atom. The molecule has 2 aromatic carbocycles. The maximum absolute atomic E-state index is 13.1. The number of carbonyl (C=O) groups is 1. The lowest BCUT2D eigenvalue weighted by Crippen LogP contribution is -2.38. The third-order valence-electron chi connectivity index (χ3n) is 5.50. The fraction of sp³-hybridized carbons (Fsp3) is 0.435. The van der Waals surface area contributed by atoms with Gasteiger partial charge < -0.3 is 14.4 Å². The van der Waals surface area contributed by atoms with Crippen molar-refractivity contribution in [3.05, 3.63) is 48.0 Å². The normalized spacial score (nSPS) is 14.9. The van der Waals surface area contributed by atoms with Gasteiger partial charge in [0.2, 0.25) is 10.0 Å². The minimum Gasteiger partial charge on any atom is -0.493 e. The maximum atomic E-state index is 13.1. The van der Waals surface area contributed by atoms with Crippen molar-refractivity contribution in [1.29, 1.82) is 0 Å². The molecule has 0 bridgehead atoms. The van der Waals surface area contributed by atoms with E-state index in [-0.39, 0.29) is 24.0 Å². The number of nitrogens with one attached hydrogen (secondary N) is 1. The maximum Gasteiger partial charge on any atom is 0.255 e. The van der Waals surface area contributed by atoms with Gasteiger partial charge in [-0.25, -0.2) is 13.1 Å². The van der Waals surface area contributed by atoms with Crippen molar-refractivity contribution in [2.75, 3.05) is 39.6 Å². The summed E-state index contributed by atoms with van der Waals surface area (Å²) in [5.41, 5.74) is 0.431. The van der Waals surface area contributed by atoms with Crippen molar-refractivity contribution in [3.63, 3.8) is 0 Å². The van der Waals surface area contributed by atoms with Crippen LogP contribution in [0.1, 0.15) is 30.1 Å². The summed E-state index contributed by atoms with van der Waals surface area (Å²) < 4.78 is 39.1. The van der Waals surface area contributed by atoms with Crippen molar-refractivity contribution in [2.45, 2.75) is 29.6 Å². The van der Waals surface area contributed by atoms with Crippen molar-refractivity contribution in [2.24, 2.45) is 5.92 Å². The van der Waals surface area contributed by atoms with Gasteiger partial charge in [-0.2, -0.15) is 0 Å². The average Bonchev–Trinajstić information content (AvgIpc) is 2.81. The third kappa shape index (κ3) is 5.96. The van der Waals surface area contributed by atoms with Gasteiger partial charge in [-0.15, -0.1) is 11.8 Å². The van der Waals surface area contributed by atoms with E-state index in [1.54, 1.807) is 25.3 Å². The molecule has 0 atom stereocenters. The Labute approximate surface area is 194 Å². The molecule has 0 saturated carbocycles. The van der Waals surface area contributed by atoms with Gasteiger partial charge in [-0.3, -0.25) is 4.79 Å². The lowest BCUT2D eigenvalue weighted by Gasteiger charge is -2.30.